The summed E-state index contributed by atoms with van der Waals surface area (Å²) in [6.45, 7) is 4.31. The van der Waals surface area contributed by atoms with Gasteiger partial charge >= 0.3 is 5.97 Å². The van der Waals surface area contributed by atoms with Gasteiger partial charge in [0.15, 0.2) is 0 Å². The number of anilines is 2. The number of rotatable bonds is 4. The van der Waals surface area contributed by atoms with Crippen molar-refractivity contribution in [1.29, 1.82) is 0 Å². The first-order valence-corrected chi connectivity index (χ1v) is 14.0. The largest absolute Gasteiger partial charge is 0.462 e. The quantitative estimate of drug-likeness (QED) is 0.312. The molecule has 0 fully saturated rings. The van der Waals surface area contributed by atoms with Gasteiger partial charge in [0.05, 0.1) is 17.9 Å². The Bertz CT molecular complexity index is 1530. The van der Waals surface area contributed by atoms with E-state index in [1.807, 2.05) is 12.1 Å². The molecule has 0 aliphatic heterocycles. The molecule has 6 nitrogen and oxygen atoms in total. The fourth-order valence-corrected chi connectivity index (χ4v) is 7.63. The maximum absolute atomic E-state index is 13.5. The molecular weight excluding hydrogens is 490 g/mol. The monoisotopic (exact) mass is 517 g/mol. The second-order valence-electron chi connectivity index (χ2n) is 9.59. The van der Waals surface area contributed by atoms with Crippen LogP contribution in [-0.4, -0.2) is 23.5 Å². The Morgan fingerprint density at radius 2 is 2.00 bits per heavy atom. The third kappa shape index (κ3) is 3.79. The minimum absolute atomic E-state index is 0.269. The van der Waals surface area contributed by atoms with Crippen molar-refractivity contribution < 1.29 is 14.3 Å². The highest BCUT2D eigenvalue weighted by Crippen LogP contribution is 2.46. The highest BCUT2D eigenvalue weighted by atomic mass is 32.1. The van der Waals surface area contributed by atoms with E-state index in [-0.39, 0.29) is 12.5 Å². The average Bonchev–Trinajstić information content (AvgIpc) is 3.40. The number of esters is 1. The predicted octanol–water partition coefficient (Wildman–Crippen LogP) is 6.26. The highest BCUT2D eigenvalue weighted by Gasteiger charge is 2.31. The van der Waals surface area contributed by atoms with Gasteiger partial charge in [-0.1, -0.05) is 31.2 Å². The van der Waals surface area contributed by atoms with E-state index in [0.717, 1.165) is 64.0 Å². The topological polar surface area (TPSA) is 94.3 Å². The molecule has 8 heteroatoms. The molecule has 0 saturated heterocycles. The molecule has 4 aromatic rings. The lowest BCUT2D eigenvalue weighted by atomic mass is 9.87. The minimum Gasteiger partial charge on any atom is -0.462 e. The van der Waals surface area contributed by atoms with E-state index in [9.17, 15) is 9.59 Å². The summed E-state index contributed by atoms with van der Waals surface area (Å²) in [5.41, 5.74) is 13.0. The number of carbonyl (C=O) groups is 2. The van der Waals surface area contributed by atoms with Gasteiger partial charge in [-0.25, -0.2) is 9.78 Å². The molecule has 3 heterocycles. The first kappa shape index (κ1) is 23.2. The van der Waals surface area contributed by atoms with E-state index in [4.69, 9.17) is 15.5 Å². The summed E-state index contributed by atoms with van der Waals surface area (Å²) in [4.78, 5) is 33.6. The number of fused-ring (bicyclic) bond motifs is 5. The average molecular weight is 518 g/mol. The summed E-state index contributed by atoms with van der Waals surface area (Å²) >= 11 is 2.74. The zero-order chi connectivity index (χ0) is 25.0. The summed E-state index contributed by atoms with van der Waals surface area (Å²) in [5, 5.41) is 4.36. The van der Waals surface area contributed by atoms with Crippen LogP contribution in [0, 0.1) is 5.92 Å². The smallest absolute Gasteiger partial charge is 0.341 e. The van der Waals surface area contributed by atoms with E-state index < -0.39 is 5.97 Å². The fourth-order valence-electron chi connectivity index (χ4n) is 5.35. The van der Waals surface area contributed by atoms with Gasteiger partial charge in [-0.15, -0.1) is 22.7 Å². The maximum Gasteiger partial charge on any atom is 0.341 e. The lowest BCUT2D eigenvalue weighted by Gasteiger charge is -2.20. The van der Waals surface area contributed by atoms with Crippen molar-refractivity contribution in [1.82, 2.24) is 4.98 Å². The van der Waals surface area contributed by atoms with Crippen molar-refractivity contribution in [2.45, 2.75) is 46.0 Å². The lowest BCUT2D eigenvalue weighted by Crippen LogP contribution is -2.16. The number of hydrogen-bond donors (Lipinski definition) is 2. The van der Waals surface area contributed by atoms with Crippen LogP contribution >= 0.6 is 22.7 Å². The number of amides is 1. The van der Waals surface area contributed by atoms with Gasteiger partial charge in [0, 0.05) is 16.0 Å². The summed E-state index contributed by atoms with van der Waals surface area (Å²) in [6.07, 6.45) is 4.64. The molecule has 1 amide bonds. The Morgan fingerprint density at radius 3 is 2.83 bits per heavy atom. The highest BCUT2D eigenvalue weighted by molar-refractivity contribution is 7.22. The number of benzene rings is 1. The SMILES string of the molecule is CCOC(=O)c1c(NC(=O)c2sc3nc4c(cc3c2N)CC(C)CC4)sc2c1CCc1ccccc1-2. The standard InChI is InChI=1S/C28H27N3O3S2/c1-3-34-28(33)21-18-10-9-15-6-4-5-7-17(15)23(18)35-27(21)31-25(32)24-22(29)19-13-16-12-14(2)8-11-20(16)30-26(19)36-24/h4-7,13-14H,3,8-12,29H2,1-2H3,(H,31,32). The number of aryl methyl sites for hydroxylation is 2. The molecular formula is C28H27N3O3S2. The second-order valence-corrected chi connectivity index (χ2v) is 11.6. The Kier molecular flexibility index (Phi) is 5.80. The van der Waals surface area contributed by atoms with Crippen LogP contribution in [0.5, 0.6) is 0 Å². The van der Waals surface area contributed by atoms with Crippen LogP contribution < -0.4 is 11.1 Å². The van der Waals surface area contributed by atoms with Crippen molar-refractivity contribution in [2.75, 3.05) is 17.7 Å². The third-order valence-corrected chi connectivity index (χ3v) is 9.45. The number of aromatic nitrogens is 1. The second kappa shape index (κ2) is 9.01. The fraction of sp³-hybridized carbons (Fsp3) is 0.321. The van der Waals surface area contributed by atoms with Gasteiger partial charge in [-0.05, 0) is 73.3 Å². The number of pyridine rings is 1. The van der Waals surface area contributed by atoms with E-state index in [1.54, 1.807) is 6.92 Å². The summed E-state index contributed by atoms with van der Waals surface area (Å²) < 4.78 is 5.39. The molecule has 2 aliphatic carbocycles. The number of nitrogen functional groups attached to an aromatic ring is 1. The van der Waals surface area contributed by atoms with Crippen LogP contribution in [0.3, 0.4) is 0 Å². The number of nitrogens with two attached hydrogens (primary N) is 1. The van der Waals surface area contributed by atoms with Crippen LogP contribution in [0.25, 0.3) is 20.7 Å². The lowest BCUT2D eigenvalue weighted by molar-refractivity contribution is 0.0527. The molecule has 1 unspecified atom stereocenters. The molecule has 0 spiro atoms. The molecule has 0 bridgehead atoms. The van der Waals surface area contributed by atoms with Crippen molar-refractivity contribution in [3.63, 3.8) is 0 Å². The molecule has 1 atom stereocenters. The number of hydrogen-bond acceptors (Lipinski definition) is 7. The molecule has 6 rings (SSSR count). The number of nitrogens with one attached hydrogen (secondary N) is 1. The first-order valence-electron chi connectivity index (χ1n) is 12.4. The number of thiophene rings is 2. The van der Waals surface area contributed by atoms with Crippen molar-refractivity contribution in [3.05, 3.63) is 63.2 Å². The summed E-state index contributed by atoms with van der Waals surface area (Å²) in [5.74, 6) is -0.104. The zero-order valence-corrected chi connectivity index (χ0v) is 21.9. The molecule has 36 heavy (non-hydrogen) atoms. The minimum atomic E-state index is -0.405. The van der Waals surface area contributed by atoms with Crippen LogP contribution in [-0.2, 0) is 30.4 Å². The van der Waals surface area contributed by atoms with E-state index in [2.05, 4.69) is 30.4 Å². The van der Waals surface area contributed by atoms with Gasteiger partial charge in [0.2, 0.25) is 0 Å². The van der Waals surface area contributed by atoms with Gasteiger partial charge in [0.25, 0.3) is 5.91 Å². The van der Waals surface area contributed by atoms with Gasteiger partial charge in [0.1, 0.15) is 14.7 Å². The molecule has 184 valence electrons. The van der Waals surface area contributed by atoms with Gasteiger partial charge in [-0.2, -0.15) is 0 Å². The van der Waals surface area contributed by atoms with Crippen LogP contribution in [0.4, 0.5) is 10.7 Å². The zero-order valence-electron chi connectivity index (χ0n) is 20.3. The Morgan fingerprint density at radius 1 is 1.17 bits per heavy atom. The Labute approximate surface area is 217 Å². The van der Waals surface area contributed by atoms with Gasteiger partial charge in [-0.3, -0.25) is 4.79 Å². The van der Waals surface area contributed by atoms with Crippen LogP contribution in [0.15, 0.2) is 30.3 Å². The number of ether oxygens (including phenoxy) is 1. The predicted molar refractivity (Wildman–Crippen MR) is 146 cm³/mol. The van der Waals surface area contributed by atoms with Crippen molar-refractivity contribution >= 4 is 55.5 Å². The first-order chi connectivity index (χ1) is 17.4. The number of nitrogens with zero attached hydrogens (tertiary/aromatic N) is 1. The Balaban J connectivity index is 1.39. The van der Waals surface area contributed by atoms with Crippen molar-refractivity contribution in [3.8, 4) is 10.4 Å². The normalized spacial score (nSPS) is 16.2. The van der Waals surface area contributed by atoms with E-state index in [1.165, 1.54) is 33.8 Å². The number of carbonyl (C=O) groups excluding carboxylic acids is 2. The maximum atomic E-state index is 13.5. The van der Waals surface area contributed by atoms with Crippen LogP contribution in [0.2, 0.25) is 0 Å². The van der Waals surface area contributed by atoms with Crippen LogP contribution in [0.1, 0.15) is 62.7 Å². The molecule has 3 aromatic heterocycles. The van der Waals surface area contributed by atoms with E-state index in [0.29, 0.717) is 27.0 Å². The van der Waals surface area contributed by atoms with E-state index >= 15 is 0 Å². The van der Waals surface area contributed by atoms with Crippen molar-refractivity contribution in [2.24, 2.45) is 5.92 Å². The summed E-state index contributed by atoms with van der Waals surface area (Å²) in [6, 6.07) is 10.3. The summed E-state index contributed by atoms with van der Waals surface area (Å²) in [7, 11) is 0. The third-order valence-electron chi connectivity index (χ3n) is 7.16. The Hall–Kier alpha value is -3.23. The molecule has 0 saturated carbocycles. The van der Waals surface area contributed by atoms with Gasteiger partial charge < -0.3 is 15.8 Å². The molecule has 3 N–H and O–H groups in total. The molecule has 2 aliphatic rings. The molecule has 0 radical (unpaired) electrons. The molecule has 1 aromatic carbocycles.